The highest BCUT2D eigenvalue weighted by Gasteiger charge is 2.23. The molecule has 2 aromatic heterocycles. The van der Waals surface area contributed by atoms with Crippen LogP contribution in [0.25, 0.3) is 0 Å². The van der Waals surface area contributed by atoms with Gasteiger partial charge in [0.2, 0.25) is 0 Å². The van der Waals surface area contributed by atoms with Crippen LogP contribution in [0.2, 0.25) is 0 Å². The number of aryl methyl sites for hydroxylation is 2. The van der Waals surface area contributed by atoms with E-state index in [2.05, 4.69) is 4.90 Å². The smallest absolute Gasteiger partial charge is 0.257 e. The van der Waals surface area contributed by atoms with Crippen LogP contribution in [-0.2, 0) is 6.54 Å². The van der Waals surface area contributed by atoms with Crippen LogP contribution >= 0.6 is 0 Å². The fraction of sp³-hybridized carbons (Fsp3) is 0.471. The van der Waals surface area contributed by atoms with Gasteiger partial charge in [0, 0.05) is 26.2 Å². The normalized spacial score (nSPS) is 16.7. The van der Waals surface area contributed by atoms with Crippen molar-refractivity contribution in [3.05, 3.63) is 47.3 Å². The van der Waals surface area contributed by atoms with Gasteiger partial charge >= 0.3 is 0 Å². The van der Waals surface area contributed by atoms with Gasteiger partial charge in [-0.2, -0.15) is 0 Å². The second-order valence-electron chi connectivity index (χ2n) is 5.83. The molecule has 0 radical (unpaired) electrons. The van der Waals surface area contributed by atoms with Crippen LogP contribution in [0.4, 0.5) is 0 Å². The summed E-state index contributed by atoms with van der Waals surface area (Å²) in [6.45, 7) is 7.90. The summed E-state index contributed by atoms with van der Waals surface area (Å²) in [7, 11) is 0. The molecule has 0 atom stereocenters. The largest absolute Gasteiger partial charge is 0.468 e. The Morgan fingerprint density at radius 2 is 2.09 bits per heavy atom. The Kier molecular flexibility index (Phi) is 4.34. The fourth-order valence-corrected chi connectivity index (χ4v) is 2.97. The number of carbonyl (C=O) groups excluding carboxylic acids is 1. The quantitative estimate of drug-likeness (QED) is 0.875. The molecule has 0 bridgehead atoms. The lowest BCUT2D eigenvalue weighted by atomic mass is 10.2. The maximum absolute atomic E-state index is 12.6. The number of furan rings is 2. The average molecular weight is 302 g/mol. The topological polar surface area (TPSA) is 49.8 Å². The Hall–Kier alpha value is -2.01. The lowest BCUT2D eigenvalue weighted by Crippen LogP contribution is -2.35. The van der Waals surface area contributed by atoms with Gasteiger partial charge in [0.05, 0.1) is 18.4 Å². The molecule has 1 fully saturated rings. The molecular formula is C17H22N2O3. The van der Waals surface area contributed by atoms with Crippen molar-refractivity contribution in [2.75, 3.05) is 26.2 Å². The van der Waals surface area contributed by atoms with Crippen molar-refractivity contribution < 1.29 is 13.6 Å². The van der Waals surface area contributed by atoms with E-state index in [9.17, 15) is 4.79 Å². The first kappa shape index (κ1) is 14.9. The van der Waals surface area contributed by atoms with E-state index >= 15 is 0 Å². The van der Waals surface area contributed by atoms with Gasteiger partial charge in [0.1, 0.15) is 17.3 Å². The summed E-state index contributed by atoms with van der Waals surface area (Å²) in [5.41, 5.74) is 0.692. The van der Waals surface area contributed by atoms with Crippen LogP contribution < -0.4 is 0 Å². The minimum atomic E-state index is 0.0780. The maximum atomic E-state index is 12.6. The van der Waals surface area contributed by atoms with Crippen LogP contribution in [0.15, 0.2) is 33.3 Å². The van der Waals surface area contributed by atoms with Crippen LogP contribution in [0.3, 0.4) is 0 Å². The van der Waals surface area contributed by atoms with E-state index in [0.29, 0.717) is 11.3 Å². The highest BCUT2D eigenvalue weighted by Crippen LogP contribution is 2.17. The molecule has 118 valence electrons. The minimum Gasteiger partial charge on any atom is -0.468 e. The molecule has 1 amide bonds. The number of hydrogen-bond donors (Lipinski definition) is 0. The molecular weight excluding hydrogens is 280 g/mol. The zero-order chi connectivity index (χ0) is 15.5. The average Bonchev–Trinajstić information content (AvgIpc) is 3.03. The first-order chi connectivity index (χ1) is 10.6. The van der Waals surface area contributed by atoms with Gasteiger partial charge in [-0.3, -0.25) is 9.69 Å². The van der Waals surface area contributed by atoms with E-state index in [1.165, 1.54) is 0 Å². The predicted octanol–water partition coefficient (Wildman–Crippen LogP) is 2.84. The first-order valence-corrected chi connectivity index (χ1v) is 7.74. The molecule has 5 heteroatoms. The van der Waals surface area contributed by atoms with Crippen molar-refractivity contribution in [2.24, 2.45) is 0 Å². The van der Waals surface area contributed by atoms with E-state index in [-0.39, 0.29) is 5.91 Å². The summed E-state index contributed by atoms with van der Waals surface area (Å²) in [5, 5.41) is 0. The lowest BCUT2D eigenvalue weighted by Gasteiger charge is -2.21. The molecule has 22 heavy (non-hydrogen) atoms. The van der Waals surface area contributed by atoms with Crippen LogP contribution in [0, 0.1) is 13.8 Å². The first-order valence-electron chi connectivity index (χ1n) is 7.74. The standard InChI is InChI=1S/C17H22N2O3/c1-13-11-16(14(2)22-13)17(20)19-7-4-6-18(8-9-19)12-15-5-3-10-21-15/h3,5,10-11H,4,6-9,12H2,1-2H3. The van der Waals surface area contributed by atoms with Crippen molar-refractivity contribution >= 4 is 5.91 Å². The van der Waals surface area contributed by atoms with Crippen molar-refractivity contribution in [1.82, 2.24) is 9.80 Å². The Balaban J connectivity index is 1.62. The molecule has 0 spiro atoms. The molecule has 1 saturated heterocycles. The molecule has 0 N–H and O–H groups in total. The van der Waals surface area contributed by atoms with Gasteiger partial charge in [-0.15, -0.1) is 0 Å². The van der Waals surface area contributed by atoms with Crippen LogP contribution in [0.5, 0.6) is 0 Å². The van der Waals surface area contributed by atoms with Crippen molar-refractivity contribution in [1.29, 1.82) is 0 Å². The minimum absolute atomic E-state index is 0.0780. The number of rotatable bonds is 3. The molecule has 0 unspecified atom stereocenters. The van der Waals surface area contributed by atoms with E-state index in [1.807, 2.05) is 36.9 Å². The highest BCUT2D eigenvalue weighted by molar-refractivity contribution is 5.95. The van der Waals surface area contributed by atoms with E-state index in [0.717, 1.165) is 50.7 Å². The molecule has 3 rings (SSSR count). The Labute approximate surface area is 130 Å². The third-order valence-corrected chi connectivity index (χ3v) is 4.11. The fourth-order valence-electron chi connectivity index (χ4n) is 2.97. The van der Waals surface area contributed by atoms with Gasteiger partial charge in [-0.1, -0.05) is 0 Å². The Morgan fingerprint density at radius 1 is 1.23 bits per heavy atom. The summed E-state index contributed by atoms with van der Waals surface area (Å²) < 4.78 is 10.9. The molecule has 0 aromatic carbocycles. The molecule has 3 heterocycles. The van der Waals surface area contributed by atoms with Crippen LogP contribution in [-0.4, -0.2) is 41.9 Å². The molecule has 2 aromatic rings. The van der Waals surface area contributed by atoms with E-state index in [4.69, 9.17) is 8.83 Å². The Morgan fingerprint density at radius 3 is 2.77 bits per heavy atom. The predicted molar refractivity (Wildman–Crippen MR) is 82.7 cm³/mol. The van der Waals surface area contributed by atoms with Gasteiger partial charge in [0.25, 0.3) is 5.91 Å². The van der Waals surface area contributed by atoms with Gasteiger partial charge < -0.3 is 13.7 Å². The third kappa shape index (κ3) is 3.25. The Bertz CT molecular complexity index is 630. The number of hydrogen-bond acceptors (Lipinski definition) is 4. The highest BCUT2D eigenvalue weighted by atomic mass is 16.3. The summed E-state index contributed by atoms with van der Waals surface area (Å²) in [6, 6.07) is 5.74. The van der Waals surface area contributed by atoms with E-state index in [1.54, 1.807) is 6.26 Å². The van der Waals surface area contributed by atoms with Gasteiger partial charge in [0.15, 0.2) is 0 Å². The zero-order valence-electron chi connectivity index (χ0n) is 13.2. The SMILES string of the molecule is Cc1cc(C(=O)N2CCCN(Cc3ccco3)CC2)c(C)o1. The number of carbonyl (C=O) groups is 1. The second kappa shape index (κ2) is 6.40. The summed E-state index contributed by atoms with van der Waals surface area (Å²) in [5.74, 6) is 2.55. The van der Waals surface area contributed by atoms with Gasteiger partial charge in [-0.25, -0.2) is 0 Å². The molecule has 5 nitrogen and oxygen atoms in total. The molecule has 0 saturated carbocycles. The summed E-state index contributed by atoms with van der Waals surface area (Å²) in [4.78, 5) is 16.9. The van der Waals surface area contributed by atoms with E-state index < -0.39 is 0 Å². The summed E-state index contributed by atoms with van der Waals surface area (Å²) >= 11 is 0. The molecule has 0 aliphatic carbocycles. The van der Waals surface area contributed by atoms with Crippen molar-refractivity contribution in [2.45, 2.75) is 26.8 Å². The molecule has 1 aliphatic rings. The zero-order valence-corrected chi connectivity index (χ0v) is 13.2. The number of nitrogens with zero attached hydrogens (tertiary/aromatic N) is 2. The maximum Gasteiger partial charge on any atom is 0.257 e. The lowest BCUT2D eigenvalue weighted by molar-refractivity contribution is 0.0759. The number of amides is 1. The second-order valence-corrected chi connectivity index (χ2v) is 5.83. The van der Waals surface area contributed by atoms with Crippen molar-refractivity contribution in [3.8, 4) is 0 Å². The summed E-state index contributed by atoms with van der Waals surface area (Å²) in [6.07, 6.45) is 2.68. The monoisotopic (exact) mass is 302 g/mol. The van der Waals surface area contributed by atoms with Crippen molar-refractivity contribution in [3.63, 3.8) is 0 Å². The molecule has 1 aliphatic heterocycles. The van der Waals surface area contributed by atoms with Crippen LogP contribution in [0.1, 0.15) is 34.1 Å². The third-order valence-electron chi connectivity index (χ3n) is 4.11. The van der Waals surface area contributed by atoms with Gasteiger partial charge in [-0.05, 0) is 38.5 Å².